The quantitative estimate of drug-likeness (QED) is 0.530. The van der Waals surface area contributed by atoms with Crippen molar-refractivity contribution in [1.29, 1.82) is 0 Å². The van der Waals surface area contributed by atoms with E-state index in [1.807, 2.05) is 6.08 Å². The van der Waals surface area contributed by atoms with Crippen molar-refractivity contribution in [3.05, 3.63) is 24.8 Å². The molecule has 1 heterocycles. The Labute approximate surface area is 104 Å². The molecular weight excluding hydrogens is 208 g/mol. The standard InChI is InChI=1S/C16H22O/c1-3-4-5-6-14-16-8-7-12-13(15(12,16)2)9-11(16)10-17-14/h3,7-8,11-14H,1,4-6,9-10H2,2H3/t11-,12+,13-,14+,15?,16-/m1/s1. The van der Waals surface area contributed by atoms with Crippen molar-refractivity contribution >= 4 is 0 Å². The minimum absolute atomic E-state index is 0.420. The zero-order valence-corrected chi connectivity index (χ0v) is 10.7. The summed E-state index contributed by atoms with van der Waals surface area (Å²) in [7, 11) is 0. The predicted octanol–water partition coefficient (Wildman–Crippen LogP) is 3.57. The molecule has 0 amide bonds. The fraction of sp³-hybridized carbons (Fsp3) is 0.750. The Hall–Kier alpha value is -0.560. The van der Waals surface area contributed by atoms with Crippen LogP contribution in [0.2, 0.25) is 0 Å². The van der Waals surface area contributed by atoms with E-state index in [4.69, 9.17) is 4.74 Å². The van der Waals surface area contributed by atoms with Crippen LogP contribution in [0.5, 0.6) is 0 Å². The van der Waals surface area contributed by atoms with Crippen molar-refractivity contribution in [2.75, 3.05) is 6.61 Å². The minimum Gasteiger partial charge on any atom is -0.377 e. The smallest absolute Gasteiger partial charge is 0.0675 e. The first kappa shape index (κ1) is 10.4. The maximum Gasteiger partial charge on any atom is 0.0675 e. The van der Waals surface area contributed by atoms with E-state index in [1.165, 1.54) is 19.3 Å². The van der Waals surface area contributed by atoms with Gasteiger partial charge in [-0.1, -0.05) is 25.2 Å². The van der Waals surface area contributed by atoms with Crippen LogP contribution in [0.4, 0.5) is 0 Å². The van der Waals surface area contributed by atoms with Crippen LogP contribution in [0, 0.1) is 28.6 Å². The second kappa shape index (κ2) is 3.06. The maximum absolute atomic E-state index is 6.16. The van der Waals surface area contributed by atoms with Gasteiger partial charge in [0.1, 0.15) is 0 Å². The largest absolute Gasteiger partial charge is 0.377 e. The monoisotopic (exact) mass is 230 g/mol. The molecule has 92 valence electrons. The van der Waals surface area contributed by atoms with Crippen molar-refractivity contribution in [2.45, 2.75) is 38.7 Å². The number of allylic oxidation sites excluding steroid dienone is 2. The molecule has 1 saturated heterocycles. The lowest BCUT2D eigenvalue weighted by Crippen LogP contribution is -2.38. The third kappa shape index (κ3) is 0.941. The summed E-state index contributed by atoms with van der Waals surface area (Å²) in [6.45, 7) is 7.36. The third-order valence-electron chi connectivity index (χ3n) is 6.42. The molecule has 4 rings (SSSR count). The molecule has 0 bridgehead atoms. The lowest BCUT2D eigenvalue weighted by atomic mass is 9.67. The van der Waals surface area contributed by atoms with Gasteiger partial charge < -0.3 is 4.74 Å². The molecule has 0 aromatic heterocycles. The molecule has 1 unspecified atom stereocenters. The molecule has 2 saturated carbocycles. The highest BCUT2D eigenvalue weighted by Gasteiger charge is 2.81. The molecule has 17 heavy (non-hydrogen) atoms. The van der Waals surface area contributed by atoms with E-state index in [9.17, 15) is 0 Å². The maximum atomic E-state index is 6.16. The molecule has 0 aromatic carbocycles. The summed E-state index contributed by atoms with van der Waals surface area (Å²) in [5.74, 6) is 2.70. The van der Waals surface area contributed by atoms with E-state index >= 15 is 0 Å². The lowest BCUT2D eigenvalue weighted by Gasteiger charge is -2.36. The summed E-state index contributed by atoms with van der Waals surface area (Å²) >= 11 is 0. The predicted molar refractivity (Wildman–Crippen MR) is 68.6 cm³/mol. The first-order valence-corrected chi connectivity index (χ1v) is 7.17. The number of hydrogen-bond donors (Lipinski definition) is 0. The van der Waals surface area contributed by atoms with E-state index in [0.29, 0.717) is 16.9 Å². The van der Waals surface area contributed by atoms with Crippen molar-refractivity contribution in [1.82, 2.24) is 0 Å². The van der Waals surface area contributed by atoms with Gasteiger partial charge in [-0.15, -0.1) is 6.58 Å². The number of hydrogen-bond acceptors (Lipinski definition) is 1. The Balaban J connectivity index is 1.62. The summed E-state index contributed by atoms with van der Waals surface area (Å²) in [5, 5.41) is 0. The van der Waals surface area contributed by atoms with Gasteiger partial charge in [-0.2, -0.15) is 0 Å². The molecule has 3 fully saturated rings. The van der Waals surface area contributed by atoms with Crippen LogP contribution < -0.4 is 0 Å². The number of rotatable bonds is 4. The molecule has 6 atom stereocenters. The van der Waals surface area contributed by atoms with Crippen LogP contribution in [-0.4, -0.2) is 12.7 Å². The Morgan fingerprint density at radius 3 is 3.24 bits per heavy atom. The molecule has 4 aliphatic rings. The van der Waals surface area contributed by atoms with Crippen LogP contribution in [0.15, 0.2) is 24.8 Å². The summed E-state index contributed by atoms with van der Waals surface area (Å²) in [6.07, 6.45) is 12.6. The zero-order valence-electron chi connectivity index (χ0n) is 10.7. The highest BCUT2D eigenvalue weighted by molar-refractivity contribution is 5.41. The average Bonchev–Trinajstić information content (AvgIpc) is 2.57. The fourth-order valence-electron chi connectivity index (χ4n) is 5.56. The van der Waals surface area contributed by atoms with Gasteiger partial charge in [0.05, 0.1) is 12.7 Å². The Bertz CT molecular complexity index is 398. The minimum atomic E-state index is 0.420. The van der Waals surface area contributed by atoms with Gasteiger partial charge >= 0.3 is 0 Å². The molecule has 1 spiro atoms. The van der Waals surface area contributed by atoms with Crippen molar-refractivity contribution in [3.63, 3.8) is 0 Å². The van der Waals surface area contributed by atoms with E-state index in [-0.39, 0.29) is 0 Å². The molecule has 3 aliphatic carbocycles. The van der Waals surface area contributed by atoms with E-state index in [2.05, 4.69) is 25.7 Å². The van der Waals surface area contributed by atoms with Crippen LogP contribution in [0.25, 0.3) is 0 Å². The van der Waals surface area contributed by atoms with Gasteiger partial charge in [-0.3, -0.25) is 0 Å². The zero-order chi connectivity index (χ0) is 11.7. The number of unbranched alkanes of at least 4 members (excludes halogenated alkanes) is 1. The highest BCUT2D eigenvalue weighted by Crippen LogP contribution is 2.84. The Morgan fingerprint density at radius 1 is 1.53 bits per heavy atom. The average molecular weight is 230 g/mol. The fourth-order valence-corrected chi connectivity index (χ4v) is 5.56. The second-order valence-electron chi connectivity index (χ2n) is 6.68. The summed E-state index contributed by atoms with van der Waals surface area (Å²) in [4.78, 5) is 0. The Morgan fingerprint density at radius 2 is 2.41 bits per heavy atom. The SMILES string of the molecule is C=CCCC[C@@H]1OC[C@H]2C[C@@H]3[C@@H]4C=C[C@@]21C34C. The molecule has 0 aromatic rings. The van der Waals surface area contributed by atoms with Gasteiger partial charge in [0, 0.05) is 5.41 Å². The van der Waals surface area contributed by atoms with Crippen LogP contribution in [-0.2, 0) is 4.74 Å². The van der Waals surface area contributed by atoms with Crippen molar-refractivity contribution in [2.24, 2.45) is 28.6 Å². The normalized spacial score (nSPS) is 57.0. The third-order valence-corrected chi connectivity index (χ3v) is 6.42. The van der Waals surface area contributed by atoms with Crippen molar-refractivity contribution in [3.8, 4) is 0 Å². The van der Waals surface area contributed by atoms with Gasteiger partial charge in [-0.05, 0) is 48.9 Å². The Kier molecular flexibility index (Phi) is 1.87. The van der Waals surface area contributed by atoms with Crippen LogP contribution in [0.1, 0.15) is 32.6 Å². The molecule has 1 nitrogen and oxygen atoms in total. The van der Waals surface area contributed by atoms with Gasteiger partial charge in [0.2, 0.25) is 0 Å². The number of fused-ring (bicyclic) bond motifs is 1. The van der Waals surface area contributed by atoms with Crippen LogP contribution in [0.3, 0.4) is 0 Å². The van der Waals surface area contributed by atoms with Crippen LogP contribution >= 0.6 is 0 Å². The van der Waals surface area contributed by atoms with Gasteiger partial charge in [0.25, 0.3) is 0 Å². The molecule has 0 N–H and O–H groups in total. The van der Waals surface area contributed by atoms with Crippen molar-refractivity contribution < 1.29 is 4.74 Å². The summed E-state index contributed by atoms with van der Waals surface area (Å²) in [5.41, 5.74) is 0.997. The first-order chi connectivity index (χ1) is 8.25. The van der Waals surface area contributed by atoms with E-state index in [0.717, 1.165) is 30.8 Å². The molecular formula is C16H22O. The first-order valence-electron chi connectivity index (χ1n) is 7.17. The summed E-state index contributed by atoms with van der Waals surface area (Å²) < 4.78 is 6.16. The van der Waals surface area contributed by atoms with Gasteiger partial charge in [0.15, 0.2) is 0 Å². The number of ether oxygens (including phenoxy) is 1. The topological polar surface area (TPSA) is 9.23 Å². The second-order valence-corrected chi connectivity index (χ2v) is 6.68. The van der Waals surface area contributed by atoms with E-state index in [1.54, 1.807) is 0 Å². The highest BCUT2D eigenvalue weighted by atomic mass is 16.5. The summed E-state index contributed by atoms with van der Waals surface area (Å²) in [6, 6.07) is 0. The van der Waals surface area contributed by atoms with Gasteiger partial charge in [-0.25, -0.2) is 0 Å². The molecule has 1 aliphatic heterocycles. The lowest BCUT2D eigenvalue weighted by molar-refractivity contribution is 0.0316. The van der Waals surface area contributed by atoms with E-state index < -0.39 is 0 Å². The molecule has 1 heteroatoms. The molecule has 0 radical (unpaired) electrons.